The number of aryl methyl sites for hydroxylation is 3. The number of benzene rings is 4. The maximum absolute atomic E-state index is 6.30. The Morgan fingerprint density at radius 1 is 0.579 bits per heavy atom. The summed E-state index contributed by atoms with van der Waals surface area (Å²) in [5.74, 6) is 1.81. The molecule has 0 radical (unpaired) electrons. The highest BCUT2D eigenvalue weighted by molar-refractivity contribution is 5.74. The lowest BCUT2D eigenvalue weighted by molar-refractivity contribution is 0.300. The van der Waals surface area contributed by atoms with E-state index in [9.17, 15) is 0 Å². The second-order valence-electron chi connectivity index (χ2n) is 9.53. The van der Waals surface area contributed by atoms with Gasteiger partial charge in [0.05, 0.1) is 13.2 Å². The summed E-state index contributed by atoms with van der Waals surface area (Å²) in [7, 11) is 0. The summed E-state index contributed by atoms with van der Waals surface area (Å²) in [6, 6.07) is 33.9. The molecule has 0 spiro atoms. The fourth-order valence-electron chi connectivity index (χ4n) is 4.39. The zero-order valence-electron chi connectivity index (χ0n) is 22.6. The Bertz CT molecular complexity index is 1300. The monoisotopic (exact) mass is 502 g/mol. The Hall–Kier alpha value is -4.04. The third kappa shape index (κ3) is 8.52. The van der Waals surface area contributed by atoms with Crippen molar-refractivity contribution < 1.29 is 9.47 Å². The average molecular weight is 503 g/mol. The molecular formula is C36H38O2. The predicted octanol–water partition coefficient (Wildman–Crippen LogP) is 9.22. The Morgan fingerprint density at radius 3 is 1.66 bits per heavy atom. The topological polar surface area (TPSA) is 18.5 Å². The van der Waals surface area contributed by atoms with Crippen LogP contribution in [0.2, 0.25) is 0 Å². The normalized spacial score (nSPS) is 11.3. The van der Waals surface area contributed by atoms with Crippen molar-refractivity contribution in [1.82, 2.24) is 0 Å². The maximum atomic E-state index is 6.30. The van der Waals surface area contributed by atoms with Gasteiger partial charge in [0.15, 0.2) is 0 Å². The summed E-state index contributed by atoms with van der Waals surface area (Å²) in [5, 5.41) is 0. The first-order valence-electron chi connectivity index (χ1n) is 13.6. The van der Waals surface area contributed by atoms with Crippen LogP contribution in [-0.2, 0) is 12.8 Å². The van der Waals surface area contributed by atoms with Gasteiger partial charge in [0, 0.05) is 5.56 Å². The summed E-state index contributed by atoms with van der Waals surface area (Å²) in [6.45, 7) is 5.48. The van der Waals surface area contributed by atoms with Gasteiger partial charge in [0.2, 0.25) is 0 Å². The highest BCUT2D eigenvalue weighted by atomic mass is 16.5. The molecule has 0 saturated heterocycles. The van der Waals surface area contributed by atoms with Crippen LogP contribution in [0.4, 0.5) is 0 Å². The Kier molecular flexibility index (Phi) is 10.4. The van der Waals surface area contributed by atoms with E-state index in [1.54, 1.807) is 0 Å². The molecule has 0 unspecified atom stereocenters. The second-order valence-corrected chi connectivity index (χ2v) is 9.53. The lowest BCUT2D eigenvalue weighted by atomic mass is 10.1. The number of allylic oxidation sites excluding steroid dienone is 1. The van der Waals surface area contributed by atoms with Gasteiger partial charge in [-0.3, -0.25) is 0 Å². The standard InChI is InChI=1S/C36H38O2/c1-3-12-30-19-21-33(22-20-30)23-24-34-28-35(37-25-10-17-31-13-6-4-7-14-31)29(2)27-36(34)38-26-11-18-32-15-8-5-9-16-32/h3-9,12-16,19-24,27-28H,10-11,17-18,25-26H2,1-2H3. The van der Waals surface area contributed by atoms with E-state index in [0.717, 1.165) is 53.9 Å². The highest BCUT2D eigenvalue weighted by Gasteiger charge is 2.09. The van der Waals surface area contributed by atoms with Gasteiger partial charge >= 0.3 is 0 Å². The van der Waals surface area contributed by atoms with E-state index in [1.165, 1.54) is 16.7 Å². The molecule has 2 nitrogen and oxygen atoms in total. The molecule has 4 aromatic rings. The van der Waals surface area contributed by atoms with Crippen LogP contribution in [-0.4, -0.2) is 13.2 Å². The van der Waals surface area contributed by atoms with Crippen molar-refractivity contribution in [3.63, 3.8) is 0 Å². The van der Waals surface area contributed by atoms with Crippen LogP contribution < -0.4 is 9.47 Å². The molecule has 0 atom stereocenters. The van der Waals surface area contributed by atoms with E-state index in [1.807, 2.05) is 6.92 Å². The van der Waals surface area contributed by atoms with Gasteiger partial charge in [-0.05, 0) is 79.5 Å². The molecule has 0 aromatic heterocycles. The molecule has 4 aromatic carbocycles. The molecular weight excluding hydrogens is 464 g/mol. The van der Waals surface area contributed by atoms with Crippen LogP contribution in [0.3, 0.4) is 0 Å². The molecule has 0 amide bonds. The van der Waals surface area contributed by atoms with Crippen molar-refractivity contribution in [1.29, 1.82) is 0 Å². The van der Waals surface area contributed by atoms with Crippen LogP contribution in [0, 0.1) is 6.92 Å². The predicted molar refractivity (Wildman–Crippen MR) is 162 cm³/mol. The maximum Gasteiger partial charge on any atom is 0.127 e. The first-order chi connectivity index (χ1) is 18.7. The molecule has 0 bridgehead atoms. The first-order valence-corrected chi connectivity index (χ1v) is 13.6. The number of ether oxygens (including phenoxy) is 2. The molecule has 0 aliphatic rings. The second kappa shape index (κ2) is 14.6. The van der Waals surface area contributed by atoms with Crippen molar-refractivity contribution in [3.8, 4) is 11.5 Å². The first kappa shape index (κ1) is 27.0. The van der Waals surface area contributed by atoms with Gasteiger partial charge in [-0.25, -0.2) is 0 Å². The van der Waals surface area contributed by atoms with E-state index in [4.69, 9.17) is 9.47 Å². The summed E-state index contributed by atoms with van der Waals surface area (Å²) in [4.78, 5) is 0. The number of rotatable bonds is 13. The minimum atomic E-state index is 0.671. The van der Waals surface area contributed by atoms with E-state index in [-0.39, 0.29) is 0 Å². The lowest BCUT2D eigenvalue weighted by Crippen LogP contribution is -2.04. The van der Waals surface area contributed by atoms with E-state index in [2.05, 4.69) is 128 Å². The molecule has 0 heterocycles. The van der Waals surface area contributed by atoms with Gasteiger partial charge < -0.3 is 9.47 Å². The van der Waals surface area contributed by atoms with Gasteiger partial charge in [-0.2, -0.15) is 0 Å². The van der Waals surface area contributed by atoms with Crippen molar-refractivity contribution in [2.24, 2.45) is 0 Å². The lowest BCUT2D eigenvalue weighted by Gasteiger charge is -2.15. The minimum Gasteiger partial charge on any atom is -0.493 e. The fourth-order valence-corrected chi connectivity index (χ4v) is 4.39. The van der Waals surface area contributed by atoms with E-state index < -0.39 is 0 Å². The molecule has 194 valence electrons. The zero-order chi connectivity index (χ0) is 26.4. The van der Waals surface area contributed by atoms with Crippen LogP contribution in [0.5, 0.6) is 11.5 Å². The summed E-state index contributed by atoms with van der Waals surface area (Å²) in [6.07, 6.45) is 12.4. The van der Waals surface area contributed by atoms with Gasteiger partial charge in [-0.15, -0.1) is 0 Å². The third-order valence-electron chi connectivity index (χ3n) is 6.48. The van der Waals surface area contributed by atoms with Crippen LogP contribution in [0.15, 0.2) is 103 Å². The van der Waals surface area contributed by atoms with Crippen molar-refractivity contribution in [2.75, 3.05) is 13.2 Å². The summed E-state index contributed by atoms with van der Waals surface area (Å²) >= 11 is 0. The molecule has 4 rings (SSSR count). The average Bonchev–Trinajstić information content (AvgIpc) is 2.95. The van der Waals surface area contributed by atoms with Gasteiger partial charge in [0.1, 0.15) is 11.5 Å². The molecule has 0 aliphatic heterocycles. The van der Waals surface area contributed by atoms with Crippen molar-refractivity contribution >= 4 is 18.2 Å². The highest BCUT2D eigenvalue weighted by Crippen LogP contribution is 2.31. The number of hydrogen-bond acceptors (Lipinski definition) is 2. The van der Waals surface area contributed by atoms with Gasteiger partial charge in [-0.1, -0.05) is 109 Å². The Labute approximate surface area is 228 Å². The minimum absolute atomic E-state index is 0.671. The van der Waals surface area contributed by atoms with Crippen molar-refractivity contribution in [3.05, 3.63) is 137 Å². The molecule has 0 fully saturated rings. The van der Waals surface area contributed by atoms with E-state index in [0.29, 0.717) is 13.2 Å². The molecule has 38 heavy (non-hydrogen) atoms. The molecule has 2 heteroatoms. The molecule has 0 aliphatic carbocycles. The summed E-state index contributed by atoms with van der Waals surface area (Å²) < 4.78 is 12.5. The molecule has 0 N–H and O–H groups in total. The quantitative estimate of drug-likeness (QED) is 0.134. The Balaban J connectivity index is 1.44. The smallest absolute Gasteiger partial charge is 0.127 e. The summed E-state index contributed by atoms with van der Waals surface area (Å²) in [5.41, 5.74) is 7.17. The van der Waals surface area contributed by atoms with Crippen LogP contribution in [0.1, 0.15) is 53.1 Å². The Morgan fingerprint density at radius 2 is 1.11 bits per heavy atom. The zero-order valence-corrected chi connectivity index (χ0v) is 22.6. The van der Waals surface area contributed by atoms with Crippen molar-refractivity contribution in [2.45, 2.75) is 39.5 Å². The SMILES string of the molecule is CC=Cc1ccc(C=Cc2cc(OCCCc3ccccc3)c(C)cc2OCCCc2ccccc2)cc1. The van der Waals surface area contributed by atoms with Crippen LogP contribution >= 0.6 is 0 Å². The largest absolute Gasteiger partial charge is 0.493 e. The van der Waals surface area contributed by atoms with Gasteiger partial charge in [0.25, 0.3) is 0 Å². The van der Waals surface area contributed by atoms with Crippen LogP contribution in [0.25, 0.3) is 18.2 Å². The number of hydrogen-bond donors (Lipinski definition) is 0. The third-order valence-corrected chi connectivity index (χ3v) is 6.48. The molecule has 0 saturated carbocycles. The fraction of sp³-hybridized carbons (Fsp3) is 0.222. The van der Waals surface area contributed by atoms with E-state index >= 15 is 0 Å².